The molecule has 0 radical (unpaired) electrons. The van der Waals surface area contributed by atoms with Gasteiger partial charge in [0.2, 0.25) is 5.91 Å². The average Bonchev–Trinajstić information content (AvgIpc) is 3.05. The van der Waals surface area contributed by atoms with E-state index < -0.39 is 5.97 Å². The van der Waals surface area contributed by atoms with E-state index in [2.05, 4.69) is 29.2 Å². The number of nitrogens with one attached hydrogen (secondary N) is 1. The average molecular weight is 330 g/mol. The summed E-state index contributed by atoms with van der Waals surface area (Å²) < 4.78 is 1.45. The number of aromatic carboxylic acids is 1. The zero-order chi connectivity index (χ0) is 17.5. The molecule has 0 unspecified atom stereocenters. The Bertz CT molecular complexity index is 690. The Balaban J connectivity index is 1.86. The summed E-state index contributed by atoms with van der Waals surface area (Å²) in [6, 6.07) is 9.13. The van der Waals surface area contributed by atoms with Crippen LogP contribution in [0.25, 0.3) is 0 Å². The molecule has 7 nitrogen and oxygen atoms in total. The van der Waals surface area contributed by atoms with Crippen molar-refractivity contribution in [3.05, 3.63) is 42.2 Å². The van der Waals surface area contributed by atoms with E-state index >= 15 is 0 Å². The summed E-state index contributed by atoms with van der Waals surface area (Å²) in [5.74, 6) is -1.22. The van der Waals surface area contributed by atoms with E-state index in [1.165, 1.54) is 10.7 Å². The first-order chi connectivity index (χ1) is 11.5. The van der Waals surface area contributed by atoms with Gasteiger partial charge in [-0.1, -0.05) is 0 Å². The van der Waals surface area contributed by atoms with Crippen molar-refractivity contribution < 1.29 is 14.7 Å². The van der Waals surface area contributed by atoms with E-state index in [-0.39, 0.29) is 18.0 Å². The molecule has 1 heterocycles. The highest BCUT2D eigenvalue weighted by atomic mass is 16.4. The number of nitrogens with zero attached hydrogens (tertiary/aromatic N) is 3. The molecule has 1 amide bonds. The number of aromatic nitrogens is 2. The third-order valence-corrected chi connectivity index (χ3v) is 3.71. The number of benzene rings is 1. The maximum atomic E-state index is 12.0. The summed E-state index contributed by atoms with van der Waals surface area (Å²) in [5, 5.41) is 15.5. The highest BCUT2D eigenvalue weighted by Crippen LogP contribution is 2.17. The highest BCUT2D eigenvalue weighted by molar-refractivity contribution is 5.90. The van der Waals surface area contributed by atoms with Crippen molar-refractivity contribution in [1.29, 1.82) is 0 Å². The molecule has 1 aromatic carbocycles. The molecule has 0 saturated carbocycles. The summed E-state index contributed by atoms with van der Waals surface area (Å²) in [6.45, 7) is 6.40. The minimum Gasteiger partial charge on any atom is -0.476 e. The predicted molar refractivity (Wildman–Crippen MR) is 92.4 cm³/mol. The van der Waals surface area contributed by atoms with Crippen LogP contribution < -0.4 is 10.2 Å². The second-order valence-electron chi connectivity index (χ2n) is 5.29. The number of amides is 1. The van der Waals surface area contributed by atoms with Gasteiger partial charge in [0.25, 0.3) is 0 Å². The molecule has 0 saturated heterocycles. The van der Waals surface area contributed by atoms with Gasteiger partial charge < -0.3 is 15.3 Å². The fourth-order valence-electron chi connectivity index (χ4n) is 2.38. The third kappa shape index (κ3) is 4.58. The minimum atomic E-state index is -1.08. The molecular formula is C17H22N4O3. The van der Waals surface area contributed by atoms with Crippen LogP contribution in [-0.2, 0) is 11.3 Å². The fourth-order valence-corrected chi connectivity index (χ4v) is 2.38. The van der Waals surface area contributed by atoms with E-state index in [0.717, 1.165) is 24.5 Å². The van der Waals surface area contributed by atoms with Crippen molar-refractivity contribution in [3.63, 3.8) is 0 Å². The molecule has 1 aromatic heterocycles. The largest absolute Gasteiger partial charge is 0.476 e. The summed E-state index contributed by atoms with van der Waals surface area (Å²) in [6.07, 6.45) is 1.77. The Morgan fingerprint density at radius 3 is 2.38 bits per heavy atom. The maximum Gasteiger partial charge on any atom is 0.356 e. The predicted octanol–water partition coefficient (Wildman–Crippen LogP) is 2.46. The van der Waals surface area contributed by atoms with Crippen LogP contribution in [0.1, 0.15) is 30.8 Å². The maximum absolute atomic E-state index is 12.0. The summed E-state index contributed by atoms with van der Waals surface area (Å²) in [5.41, 5.74) is 1.83. The van der Waals surface area contributed by atoms with E-state index in [1.807, 2.05) is 24.3 Å². The van der Waals surface area contributed by atoms with Crippen molar-refractivity contribution >= 4 is 23.3 Å². The van der Waals surface area contributed by atoms with Crippen molar-refractivity contribution in [1.82, 2.24) is 9.78 Å². The second-order valence-corrected chi connectivity index (χ2v) is 5.29. The lowest BCUT2D eigenvalue weighted by Gasteiger charge is -2.21. The topological polar surface area (TPSA) is 87.5 Å². The van der Waals surface area contributed by atoms with Crippen LogP contribution in [0.3, 0.4) is 0 Å². The number of aryl methyl sites for hydroxylation is 1. The first kappa shape index (κ1) is 17.5. The van der Waals surface area contributed by atoms with E-state index in [0.29, 0.717) is 6.54 Å². The Kier molecular flexibility index (Phi) is 5.95. The fraction of sp³-hybridized carbons (Fsp3) is 0.353. The van der Waals surface area contributed by atoms with Crippen molar-refractivity contribution in [2.45, 2.75) is 26.8 Å². The number of carboxylic acid groups (broad SMARTS) is 1. The van der Waals surface area contributed by atoms with Gasteiger partial charge >= 0.3 is 5.97 Å². The molecule has 0 fully saturated rings. The molecule has 0 bridgehead atoms. The Morgan fingerprint density at radius 1 is 1.17 bits per heavy atom. The van der Waals surface area contributed by atoms with Gasteiger partial charge in [0.05, 0.1) is 0 Å². The number of carbonyl (C=O) groups excluding carboxylic acids is 1. The first-order valence-corrected chi connectivity index (χ1v) is 7.95. The minimum absolute atomic E-state index is 0.0256. The zero-order valence-electron chi connectivity index (χ0n) is 13.9. The molecule has 0 aliphatic rings. The summed E-state index contributed by atoms with van der Waals surface area (Å²) >= 11 is 0. The van der Waals surface area contributed by atoms with Crippen molar-refractivity contribution in [2.75, 3.05) is 23.3 Å². The van der Waals surface area contributed by atoms with Crippen molar-refractivity contribution in [3.8, 4) is 0 Å². The van der Waals surface area contributed by atoms with Gasteiger partial charge in [0, 0.05) is 43.6 Å². The lowest BCUT2D eigenvalue weighted by molar-refractivity contribution is -0.116. The Morgan fingerprint density at radius 2 is 1.83 bits per heavy atom. The zero-order valence-corrected chi connectivity index (χ0v) is 13.9. The summed E-state index contributed by atoms with van der Waals surface area (Å²) in [4.78, 5) is 25.0. The van der Waals surface area contributed by atoms with Gasteiger partial charge in [-0.3, -0.25) is 9.48 Å². The van der Waals surface area contributed by atoms with Gasteiger partial charge in [-0.05, 0) is 44.2 Å². The lowest BCUT2D eigenvalue weighted by atomic mass is 10.2. The van der Waals surface area contributed by atoms with Crippen LogP contribution in [0.4, 0.5) is 11.4 Å². The second kappa shape index (κ2) is 8.14. The molecule has 24 heavy (non-hydrogen) atoms. The molecule has 2 rings (SSSR count). The van der Waals surface area contributed by atoms with Crippen LogP contribution in [0.15, 0.2) is 36.5 Å². The smallest absolute Gasteiger partial charge is 0.356 e. The number of carboxylic acids is 1. The number of rotatable bonds is 8. The molecule has 128 valence electrons. The Hall–Kier alpha value is -2.83. The first-order valence-electron chi connectivity index (χ1n) is 7.95. The quantitative estimate of drug-likeness (QED) is 0.776. The SMILES string of the molecule is CCN(CC)c1ccc(NC(=O)CCn2ccc(C(=O)O)n2)cc1. The molecule has 7 heteroatoms. The molecule has 0 spiro atoms. The van der Waals surface area contributed by atoms with Crippen molar-refractivity contribution in [2.24, 2.45) is 0 Å². The van der Waals surface area contributed by atoms with Gasteiger partial charge in [-0.2, -0.15) is 5.10 Å². The lowest BCUT2D eigenvalue weighted by Crippen LogP contribution is -2.21. The number of hydrogen-bond acceptors (Lipinski definition) is 4. The molecule has 0 aliphatic carbocycles. The Labute approximate surface area is 140 Å². The standard InChI is InChI=1S/C17H22N4O3/c1-3-20(4-2)14-7-5-13(6-8-14)18-16(22)10-12-21-11-9-15(19-21)17(23)24/h5-9,11H,3-4,10,12H2,1-2H3,(H,18,22)(H,23,24). The molecule has 0 aliphatic heterocycles. The van der Waals surface area contributed by atoms with Gasteiger partial charge in [-0.15, -0.1) is 0 Å². The summed E-state index contributed by atoms with van der Waals surface area (Å²) in [7, 11) is 0. The van der Waals surface area contributed by atoms with Crippen LogP contribution in [0.2, 0.25) is 0 Å². The van der Waals surface area contributed by atoms with E-state index in [1.54, 1.807) is 6.20 Å². The molecular weight excluding hydrogens is 308 g/mol. The van der Waals surface area contributed by atoms with Crippen LogP contribution in [-0.4, -0.2) is 39.9 Å². The van der Waals surface area contributed by atoms with Crippen LogP contribution >= 0.6 is 0 Å². The third-order valence-electron chi connectivity index (χ3n) is 3.71. The normalized spacial score (nSPS) is 10.4. The molecule has 2 aromatic rings. The number of hydrogen-bond donors (Lipinski definition) is 2. The number of anilines is 2. The van der Waals surface area contributed by atoms with Crippen LogP contribution in [0.5, 0.6) is 0 Å². The van der Waals surface area contributed by atoms with E-state index in [9.17, 15) is 9.59 Å². The van der Waals surface area contributed by atoms with Gasteiger partial charge in [0.15, 0.2) is 5.69 Å². The van der Waals surface area contributed by atoms with Gasteiger partial charge in [-0.25, -0.2) is 4.79 Å². The monoisotopic (exact) mass is 330 g/mol. The molecule has 2 N–H and O–H groups in total. The number of carbonyl (C=O) groups is 2. The van der Waals surface area contributed by atoms with Gasteiger partial charge in [0.1, 0.15) is 0 Å². The van der Waals surface area contributed by atoms with E-state index in [4.69, 9.17) is 5.11 Å². The van der Waals surface area contributed by atoms with Crippen LogP contribution in [0, 0.1) is 0 Å². The highest BCUT2D eigenvalue weighted by Gasteiger charge is 2.08. The molecule has 0 atom stereocenters.